The molecule has 1 aliphatic heterocycles. The van der Waals surface area contributed by atoms with E-state index in [-0.39, 0.29) is 11.9 Å². The minimum Gasteiger partial charge on any atom is -0.344 e. The summed E-state index contributed by atoms with van der Waals surface area (Å²) in [6.07, 6.45) is 3.40. The van der Waals surface area contributed by atoms with Crippen LogP contribution in [-0.2, 0) is 11.3 Å². The fourth-order valence-electron chi connectivity index (χ4n) is 3.56. The summed E-state index contributed by atoms with van der Waals surface area (Å²) < 4.78 is 0. The topological polar surface area (TPSA) is 90.1 Å². The molecule has 8 heteroatoms. The van der Waals surface area contributed by atoms with Crippen molar-refractivity contribution < 1.29 is 9.59 Å². The number of carbonyl (C=O) groups is 2. The van der Waals surface area contributed by atoms with Crippen LogP contribution < -0.4 is 15.5 Å². The molecule has 1 aliphatic rings. The summed E-state index contributed by atoms with van der Waals surface area (Å²) in [5, 5.41) is 6.54. The highest BCUT2D eigenvalue weighted by Gasteiger charge is 2.25. The van der Waals surface area contributed by atoms with Crippen molar-refractivity contribution in [1.82, 2.24) is 9.97 Å². The fourth-order valence-corrected chi connectivity index (χ4v) is 4.48. The molecule has 0 spiro atoms. The lowest BCUT2D eigenvalue weighted by molar-refractivity contribution is -0.116. The van der Waals surface area contributed by atoms with Crippen molar-refractivity contribution in [2.24, 2.45) is 0 Å². The Hall–Kier alpha value is -3.78. The predicted octanol–water partition coefficient (Wildman–Crippen LogP) is 4.85. The molecule has 2 aromatic heterocycles. The Balaban J connectivity index is 1.36. The van der Waals surface area contributed by atoms with E-state index >= 15 is 0 Å². The highest BCUT2D eigenvalue weighted by atomic mass is 32.2. The Kier molecular flexibility index (Phi) is 5.05. The first kappa shape index (κ1) is 19.2. The van der Waals surface area contributed by atoms with E-state index in [1.165, 1.54) is 11.8 Å². The number of carbonyl (C=O) groups excluding carboxylic acids is 2. The number of thioether (sulfide) groups is 1. The van der Waals surface area contributed by atoms with Crippen molar-refractivity contribution in [3.63, 3.8) is 0 Å². The van der Waals surface area contributed by atoms with E-state index in [2.05, 4.69) is 20.6 Å². The molecule has 5 rings (SSSR count). The van der Waals surface area contributed by atoms with Gasteiger partial charge in [-0.1, -0.05) is 30.3 Å². The van der Waals surface area contributed by atoms with Crippen LogP contribution >= 0.6 is 11.8 Å². The Labute approximate surface area is 182 Å². The molecule has 3 amide bonds. The van der Waals surface area contributed by atoms with Gasteiger partial charge in [-0.15, -0.1) is 11.8 Å². The van der Waals surface area contributed by atoms with Gasteiger partial charge in [0, 0.05) is 28.4 Å². The molecule has 4 aromatic rings. The fraction of sp³-hybridized carbons (Fsp3) is 0.0870. The van der Waals surface area contributed by atoms with Crippen LogP contribution in [0.15, 0.2) is 78.0 Å². The zero-order valence-corrected chi connectivity index (χ0v) is 17.3. The van der Waals surface area contributed by atoms with Crippen molar-refractivity contribution in [2.45, 2.75) is 11.4 Å². The Morgan fingerprint density at radius 1 is 1.10 bits per heavy atom. The van der Waals surface area contributed by atoms with E-state index in [4.69, 9.17) is 0 Å². The number of benzene rings is 2. The van der Waals surface area contributed by atoms with Crippen LogP contribution in [-0.4, -0.2) is 27.7 Å². The zero-order chi connectivity index (χ0) is 21.2. The number of aromatic amines is 1. The van der Waals surface area contributed by atoms with E-state index in [1.807, 2.05) is 60.7 Å². The Bertz CT molecular complexity index is 1270. The number of nitrogens with zero attached hydrogens (tertiary/aromatic N) is 2. The Morgan fingerprint density at radius 3 is 2.84 bits per heavy atom. The monoisotopic (exact) mass is 429 g/mol. The molecule has 0 saturated heterocycles. The van der Waals surface area contributed by atoms with Gasteiger partial charge in [-0.05, 0) is 35.9 Å². The van der Waals surface area contributed by atoms with Crippen molar-refractivity contribution in [1.29, 1.82) is 0 Å². The first-order valence-electron chi connectivity index (χ1n) is 9.78. The average molecular weight is 430 g/mol. The summed E-state index contributed by atoms with van der Waals surface area (Å²) in [7, 11) is 0. The average Bonchev–Trinajstić information content (AvgIpc) is 3.19. The molecule has 154 valence electrons. The number of hydrogen-bond donors (Lipinski definition) is 3. The quantitative estimate of drug-likeness (QED) is 0.433. The van der Waals surface area contributed by atoms with Gasteiger partial charge in [-0.25, -0.2) is 9.78 Å². The van der Waals surface area contributed by atoms with Crippen LogP contribution in [0.25, 0.3) is 11.0 Å². The number of H-pyrrole nitrogens is 1. The molecule has 3 N–H and O–H groups in total. The number of fused-ring (bicyclic) bond motifs is 2. The lowest BCUT2D eigenvalue weighted by atomic mass is 10.2. The van der Waals surface area contributed by atoms with Crippen LogP contribution in [0.3, 0.4) is 0 Å². The molecule has 0 atom stereocenters. The standard InChI is InChI=1S/C23H19N5O2S/c29-21-14-31-20-9-8-16(11-19(20)28(21)13-15-5-2-1-3-6-15)26-23(30)27-18-12-25-22-17(18)7-4-10-24-22/h1-12H,13-14H2,(H,24,25)(H2,26,27,30). The summed E-state index contributed by atoms with van der Waals surface area (Å²) in [4.78, 5) is 35.3. The second-order valence-electron chi connectivity index (χ2n) is 7.12. The summed E-state index contributed by atoms with van der Waals surface area (Å²) in [5.74, 6) is 0.455. The van der Waals surface area contributed by atoms with E-state index < -0.39 is 0 Å². The van der Waals surface area contributed by atoms with Crippen LogP contribution in [0.2, 0.25) is 0 Å². The van der Waals surface area contributed by atoms with E-state index in [0.29, 0.717) is 29.3 Å². The number of aromatic nitrogens is 2. The van der Waals surface area contributed by atoms with Gasteiger partial charge >= 0.3 is 6.03 Å². The van der Waals surface area contributed by atoms with Gasteiger partial charge < -0.3 is 20.5 Å². The molecule has 0 saturated carbocycles. The molecular weight excluding hydrogens is 410 g/mol. The van der Waals surface area contributed by atoms with Gasteiger partial charge in [0.05, 0.1) is 23.7 Å². The lowest BCUT2D eigenvalue weighted by Gasteiger charge is -2.29. The predicted molar refractivity (Wildman–Crippen MR) is 124 cm³/mol. The summed E-state index contributed by atoms with van der Waals surface area (Å²) in [6, 6.07) is 18.8. The summed E-state index contributed by atoms with van der Waals surface area (Å²) in [6.45, 7) is 0.491. The number of anilines is 3. The maximum Gasteiger partial charge on any atom is 0.323 e. The first-order chi connectivity index (χ1) is 15.2. The Morgan fingerprint density at radius 2 is 1.97 bits per heavy atom. The molecule has 0 unspecified atom stereocenters. The largest absolute Gasteiger partial charge is 0.344 e. The number of urea groups is 1. The zero-order valence-electron chi connectivity index (χ0n) is 16.5. The van der Waals surface area contributed by atoms with Crippen molar-refractivity contribution >= 4 is 51.8 Å². The van der Waals surface area contributed by atoms with Crippen molar-refractivity contribution in [2.75, 3.05) is 21.3 Å². The molecular formula is C23H19N5O2S. The van der Waals surface area contributed by atoms with E-state index in [9.17, 15) is 9.59 Å². The number of rotatable bonds is 4. The molecule has 31 heavy (non-hydrogen) atoms. The molecule has 3 heterocycles. The lowest BCUT2D eigenvalue weighted by Crippen LogP contribution is -2.34. The van der Waals surface area contributed by atoms with Gasteiger partial charge in [-0.3, -0.25) is 4.79 Å². The number of nitrogens with one attached hydrogen (secondary N) is 3. The van der Waals surface area contributed by atoms with Gasteiger partial charge in [-0.2, -0.15) is 0 Å². The molecule has 2 aromatic carbocycles. The number of pyridine rings is 1. The minimum absolute atomic E-state index is 0.0502. The third-order valence-corrected chi connectivity index (χ3v) is 6.09. The molecule has 0 radical (unpaired) electrons. The normalized spacial score (nSPS) is 13.2. The summed E-state index contributed by atoms with van der Waals surface area (Å²) >= 11 is 1.51. The molecule has 0 fully saturated rings. The maximum absolute atomic E-state index is 12.6. The van der Waals surface area contributed by atoms with Crippen LogP contribution in [0, 0.1) is 0 Å². The number of amides is 3. The first-order valence-corrected chi connectivity index (χ1v) is 10.8. The van der Waals surface area contributed by atoms with Crippen molar-refractivity contribution in [3.05, 3.63) is 78.6 Å². The van der Waals surface area contributed by atoms with E-state index in [0.717, 1.165) is 21.5 Å². The van der Waals surface area contributed by atoms with Gasteiger partial charge in [0.2, 0.25) is 5.91 Å². The van der Waals surface area contributed by atoms with Gasteiger partial charge in [0.1, 0.15) is 5.65 Å². The van der Waals surface area contributed by atoms with Crippen LogP contribution in [0.4, 0.5) is 21.9 Å². The SMILES string of the molecule is O=C(Nc1ccc2c(c1)N(Cc1ccccc1)C(=O)CS2)Nc1c[nH]c2ncccc12. The smallest absolute Gasteiger partial charge is 0.323 e. The van der Waals surface area contributed by atoms with Crippen LogP contribution in [0.5, 0.6) is 0 Å². The highest BCUT2D eigenvalue weighted by molar-refractivity contribution is 8.00. The molecule has 0 aliphatic carbocycles. The second kappa shape index (κ2) is 8.16. The third-order valence-electron chi connectivity index (χ3n) is 5.04. The third kappa shape index (κ3) is 3.97. The molecule has 0 bridgehead atoms. The minimum atomic E-state index is -0.367. The second-order valence-corrected chi connectivity index (χ2v) is 8.13. The molecule has 7 nitrogen and oxygen atoms in total. The van der Waals surface area contributed by atoms with Gasteiger partial charge in [0.15, 0.2) is 0 Å². The van der Waals surface area contributed by atoms with Crippen LogP contribution in [0.1, 0.15) is 5.56 Å². The number of hydrogen-bond acceptors (Lipinski definition) is 4. The van der Waals surface area contributed by atoms with Gasteiger partial charge in [0.25, 0.3) is 0 Å². The maximum atomic E-state index is 12.6. The van der Waals surface area contributed by atoms with Crippen molar-refractivity contribution in [3.8, 4) is 0 Å². The van der Waals surface area contributed by atoms with E-state index in [1.54, 1.807) is 17.3 Å². The summed E-state index contributed by atoms with van der Waals surface area (Å²) in [5.41, 5.74) is 3.83. The highest BCUT2D eigenvalue weighted by Crippen LogP contribution is 2.38.